The number of nitrogens with zero attached hydrogens (tertiary/aromatic N) is 1. The van der Waals surface area contributed by atoms with E-state index in [9.17, 15) is 13.2 Å². The van der Waals surface area contributed by atoms with Gasteiger partial charge in [0.25, 0.3) is 10.0 Å². The zero-order valence-electron chi connectivity index (χ0n) is 11.3. The minimum absolute atomic E-state index is 0.00527. The van der Waals surface area contributed by atoms with Crippen molar-refractivity contribution in [2.75, 3.05) is 6.54 Å². The summed E-state index contributed by atoms with van der Waals surface area (Å²) in [7, 11) is -3.60. The molecule has 0 fully saturated rings. The van der Waals surface area contributed by atoms with Gasteiger partial charge in [-0.05, 0) is 32.4 Å². The van der Waals surface area contributed by atoms with Gasteiger partial charge in [0.2, 0.25) is 0 Å². The Hall–Kier alpha value is -0.920. The molecule has 5 nitrogen and oxygen atoms in total. The van der Waals surface area contributed by atoms with Crippen molar-refractivity contribution < 1.29 is 18.3 Å². The third kappa shape index (κ3) is 4.02. The number of hydrogen-bond acceptors (Lipinski definition) is 4. The second-order valence-corrected chi connectivity index (χ2v) is 7.71. The lowest BCUT2D eigenvalue weighted by molar-refractivity contribution is -0.137. The third-order valence-electron chi connectivity index (χ3n) is 2.67. The van der Waals surface area contributed by atoms with E-state index >= 15 is 0 Å². The molecule has 1 aromatic heterocycles. The largest absolute Gasteiger partial charge is 0.481 e. The maximum absolute atomic E-state index is 12.5. The van der Waals surface area contributed by atoms with Crippen molar-refractivity contribution in [3.05, 3.63) is 17.0 Å². The first-order valence-corrected chi connectivity index (χ1v) is 8.37. The molecule has 0 aliphatic rings. The van der Waals surface area contributed by atoms with Crippen molar-refractivity contribution in [1.29, 1.82) is 0 Å². The normalized spacial score (nSPS) is 12.3. The van der Waals surface area contributed by atoms with Crippen LogP contribution in [0.25, 0.3) is 0 Å². The van der Waals surface area contributed by atoms with Crippen LogP contribution in [-0.2, 0) is 21.2 Å². The second-order valence-electron chi connectivity index (χ2n) is 4.43. The molecule has 19 heavy (non-hydrogen) atoms. The van der Waals surface area contributed by atoms with Crippen molar-refractivity contribution in [1.82, 2.24) is 4.31 Å². The maximum atomic E-state index is 12.5. The fourth-order valence-corrected chi connectivity index (χ4v) is 4.73. The summed E-state index contributed by atoms with van der Waals surface area (Å²) >= 11 is 1.24. The van der Waals surface area contributed by atoms with Gasteiger partial charge < -0.3 is 5.11 Å². The van der Waals surface area contributed by atoms with E-state index in [0.29, 0.717) is 0 Å². The van der Waals surface area contributed by atoms with E-state index in [1.54, 1.807) is 26.0 Å². The van der Waals surface area contributed by atoms with Crippen LogP contribution in [-0.4, -0.2) is 36.4 Å². The lowest BCUT2D eigenvalue weighted by Gasteiger charge is -2.24. The first-order valence-electron chi connectivity index (χ1n) is 6.11. The van der Waals surface area contributed by atoms with Crippen LogP contribution in [0.1, 0.15) is 32.1 Å². The average molecular weight is 305 g/mol. The molecule has 0 saturated carbocycles. The smallest absolute Gasteiger partial charge is 0.304 e. The number of aliphatic carboxylic acids is 1. The van der Waals surface area contributed by atoms with Crippen LogP contribution in [0, 0.1) is 0 Å². The molecule has 0 atom stereocenters. The minimum atomic E-state index is -3.60. The monoisotopic (exact) mass is 305 g/mol. The van der Waals surface area contributed by atoms with Crippen LogP contribution < -0.4 is 0 Å². The first-order chi connectivity index (χ1) is 8.78. The lowest BCUT2D eigenvalue weighted by atomic mass is 10.3. The molecule has 108 valence electrons. The Morgan fingerprint density at radius 1 is 1.42 bits per heavy atom. The van der Waals surface area contributed by atoms with E-state index in [0.717, 1.165) is 11.3 Å². The van der Waals surface area contributed by atoms with E-state index in [2.05, 4.69) is 0 Å². The fraction of sp³-hybridized carbons (Fsp3) is 0.583. The lowest BCUT2D eigenvalue weighted by Crippen LogP contribution is -2.38. The molecular formula is C12H19NO4S2. The van der Waals surface area contributed by atoms with Gasteiger partial charge in [0.1, 0.15) is 4.21 Å². The van der Waals surface area contributed by atoms with Crippen molar-refractivity contribution >= 4 is 27.3 Å². The molecule has 1 rings (SSSR count). The topological polar surface area (TPSA) is 74.7 Å². The molecule has 1 aromatic rings. The number of sulfonamides is 1. The van der Waals surface area contributed by atoms with Crippen LogP contribution in [0.3, 0.4) is 0 Å². The third-order valence-corrected chi connectivity index (χ3v) is 6.44. The van der Waals surface area contributed by atoms with Crippen LogP contribution in [0.15, 0.2) is 16.3 Å². The van der Waals surface area contributed by atoms with Crippen LogP contribution in [0.5, 0.6) is 0 Å². The van der Waals surface area contributed by atoms with Crippen molar-refractivity contribution in [2.24, 2.45) is 0 Å². The molecule has 0 aromatic carbocycles. The highest BCUT2D eigenvalue weighted by Crippen LogP contribution is 2.26. The standard InChI is InChI=1S/C12H19NO4S2/c1-4-10-5-6-12(18-10)19(16,17)13(9(2)3)8-7-11(14)15/h5-6,9H,4,7-8H2,1-3H3,(H,14,15). The summed E-state index contributed by atoms with van der Waals surface area (Å²) in [6.07, 6.45) is 0.598. The van der Waals surface area contributed by atoms with Gasteiger partial charge in [-0.25, -0.2) is 8.42 Å². The van der Waals surface area contributed by atoms with Gasteiger partial charge in [-0.3, -0.25) is 4.79 Å². The highest BCUT2D eigenvalue weighted by molar-refractivity contribution is 7.91. The molecule has 0 aliphatic carbocycles. The molecule has 0 aliphatic heterocycles. The predicted molar refractivity (Wildman–Crippen MR) is 75.0 cm³/mol. The van der Waals surface area contributed by atoms with Gasteiger partial charge in [-0.15, -0.1) is 11.3 Å². The number of thiophene rings is 1. The minimum Gasteiger partial charge on any atom is -0.481 e. The fourth-order valence-electron chi connectivity index (χ4n) is 1.66. The van der Waals surface area contributed by atoms with Gasteiger partial charge in [0, 0.05) is 17.5 Å². The zero-order chi connectivity index (χ0) is 14.6. The molecule has 0 bridgehead atoms. The van der Waals surface area contributed by atoms with Gasteiger partial charge in [0.15, 0.2) is 0 Å². The number of rotatable bonds is 7. The first kappa shape index (κ1) is 16.1. The molecular weight excluding hydrogens is 286 g/mol. The number of hydrogen-bond donors (Lipinski definition) is 1. The van der Waals surface area contributed by atoms with Crippen molar-refractivity contribution in [2.45, 2.75) is 43.9 Å². The van der Waals surface area contributed by atoms with E-state index < -0.39 is 16.0 Å². The Kier molecular flexibility index (Phi) is 5.51. The van der Waals surface area contributed by atoms with E-state index in [1.807, 2.05) is 6.92 Å². The number of aryl methyl sites for hydroxylation is 1. The van der Waals surface area contributed by atoms with E-state index in [1.165, 1.54) is 15.6 Å². The van der Waals surface area contributed by atoms with Crippen LogP contribution in [0.2, 0.25) is 0 Å². The number of carbonyl (C=O) groups is 1. The summed E-state index contributed by atoms with van der Waals surface area (Å²) in [5.41, 5.74) is 0. The van der Waals surface area contributed by atoms with Gasteiger partial charge in [-0.1, -0.05) is 6.92 Å². The summed E-state index contributed by atoms with van der Waals surface area (Å²) in [5.74, 6) is -0.999. The average Bonchev–Trinajstić information content (AvgIpc) is 2.76. The molecule has 0 radical (unpaired) electrons. The molecule has 1 heterocycles. The highest BCUT2D eigenvalue weighted by atomic mass is 32.2. The molecule has 7 heteroatoms. The van der Waals surface area contributed by atoms with Gasteiger partial charge in [-0.2, -0.15) is 4.31 Å². The molecule has 0 spiro atoms. The van der Waals surface area contributed by atoms with Crippen molar-refractivity contribution in [3.63, 3.8) is 0 Å². The van der Waals surface area contributed by atoms with E-state index in [-0.39, 0.29) is 23.2 Å². The van der Waals surface area contributed by atoms with Crippen LogP contribution >= 0.6 is 11.3 Å². The predicted octanol–water partition coefficient (Wildman–Crippen LogP) is 2.18. The number of carboxylic acid groups (broad SMARTS) is 1. The van der Waals surface area contributed by atoms with Crippen molar-refractivity contribution in [3.8, 4) is 0 Å². The van der Waals surface area contributed by atoms with Gasteiger partial charge in [0.05, 0.1) is 6.42 Å². The summed E-state index contributed by atoms with van der Waals surface area (Å²) in [6, 6.07) is 3.12. The zero-order valence-corrected chi connectivity index (χ0v) is 12.9. The summed E-state index contributed by atoms with van der Waals surface area (Å²) < 4.78 is 26.4. The maximum Gasteiger partial charge on any atom is 0.304 e. The molecule has 0 amide bonds. The van der Waals surface area contributed by atoms with Crippen LogP contribution in [0.4, 0.5) is 0 Å². The highest BCUT2D eigenvalue weighted by Gasteiger charge is 2.28. The second kappa shape index (κ2) is 6.49. The van der Waals surface area contributed by atoms with E-state index in [4.69, 9.17) is 5.11 Å². The molecule has 1 N–H and O–H groups in total. The Labute approximate surface area is 117 Å². The van der Waals surface area contributed by atoms with Gasteiger partial charge >= 0.3 is 5.97 Å². The Morgan fingerprint density at radius 2 is 2.05 bits per heavy atom. The summed E-state index contributed by atoms with van der Waals surface area (Å²) in [4.78, 5) is 11.6. The molecule has 0 saturated heterocycles. The molecule has 0 unspecified atom stereocenters. The Balaban J connectivity index is 3.02. The summed E-state index contributed by atoms with van der Waals surface area (Å²) in [6.45, 7) is 5.45. The Bertz CT molecular complexity index is 534. The number of carboxylic acids is 1. The summed E-state index contributed by atoms with van der Waals surface area (Å²) in [5, 5.41) is 8.70. The SMILES string of the molecule is CCc1ccc(S(=O)(=O)N(CCC(=O)O)C(C)C)s1. The quantitative estimate of drug-likeness (QED) is 0.838. The Morgan fingerprint density at radius 3 is 2.47 bits per heavy atom.